The summed E-state index contributed by atoms with van der Waals surface area (Å²) >= 11 is 9.29. The third-order valence-corrected chi connectivity index (χ3v) is 17.2. The third-order valence-electron chi connectivity index (χ3n) is 11.0. The molecule has 4 aliphatic carbocycles. The molecular formula is C40H28N4S5. The van der Waals surface area contributed by atoms with Gasteiger partial charge in [0.2, 0.25) is 0 Å². The quantitative estimate of drug-likeness (QED) is 0.137. The van der Waals surface area contributed by atoms with E-state index in [1.807, 2.05) is 46.9 Å². The summed E-state index contributed by atoms with van der Waals surface area (Å²) in [6.07, 6.45) is 16.0. The van der Waals surface area contributed by atoms with Crippen molar-refractivity contribution < 1.29 is 0 Å². The van der Waals surface area contributed by atoms with E-state index < -0.39 is 0 Å². The predicted molar refractivity (Wildman–Crippen MR) is 206 cm³/mol. The van der Waals surface area contributed by atoms with Crippen LogP contribution in [0.3, 0.4) is 0 Å². The van der Waals surface area contributed by atoms with E-state index in [1.54, 1.807) is 57.1 Å². The van der Waals surface area contributed by atoms with Gasteiger partial charge in [0.25, 0.3) is 11.4 Å². The highest BCUT2D eigenvalue weighted by Crippen LogP contribution is 2.71. The summed E-state index contributed by atoms with van der Waals surface area (Å²) in [5, 5.41) is 18.6. The van der Waals surface area contributed by atoms with E-state index in [1.165, 1.54) is 103 Å². The van der Waals surface area contributed by atoms with Crippen molar-refractivity contribution in [3.8, 4) is 51.2 Å². The zero-order chi connectivity index (χ0) is 33.3. The van der Waals surface area contributed by atoms with Crippen molar-refractivity contribution in [2.24, 2.45) is 0 Å². The molecule has 0 aliphatic heterocycles. The molecule has 49 heavy (non-hydrogen) atoms. The average molecular weight is 725 g/mol. The van der Waals surface area contributed by atoms with Gasteiger partial charge in [-0.15, -0.1) is 56.7 Å². The molecule has 4 aliphatic rings. The van der Waals surface area contributed by atoms with Gasteiger partial charge in [-0.1, -0.05) is 38.5 Å². The van der Waals surface area contributed by atoms with E-state index in [0.29, 0.717) is 0 Å². The second kappa shape index (κ2) is 11.8. The lowest BCUT2D eigenvalue weighted by molar-refractivity contribution is 0.326. The fourth-order valence-corrected chi connectivity index (χ4v) is 15.3. The first-order valence-corrected chi connectivity index (χ1v) is 20.8. The van der Waals surface area contributed by atoms with Crippen molar-refractivity contribution in [2.75, 3.05) is 0 Å². The minimum Gasteiger partial charge on any atom is -0.227 e. The highest BCUT2D eigenvalue weighted by atomic mass is 32.1. The van der Waals surface area contributed by atoms with Crippen LogP contribution in [-0.4, -0.2) is 0 Å². The van der Waals surface area contributed by atoms with Gasteiger partial charge >= 0.3 is 0 Å². The van der Waals surface area contributed by atoms with Crippen molar-refractivity contribution in [2.45, 2.75) is 75.0 Å². The Morgan fingerprint density at radius 2 is 1.00 bits per heavy atom. The van der Waals surface area contributed by atoms with E-state index >= 15 is 0 Å². The van der Waals surface area contributed by atoms with Gasteiger partial charge in [0.1, 0.15) is 0 Å². The summed E-state index contributed by atoms with van der Waals surface area (Å²) in [7, 11) is 0. The molecule has 0 aromatic carbocycles. The highest BCUT2D eigenvalue weighted by Gasteiger charge is 2.56. The molecule has 2 fully saturated rings. The van der Waals surface area contributed by atoms with E-state index in [9.17, 15) is 10.5 Å². The minimum absolute atomic E-state index is 0.0809. The Labute approximate surface area is 306 Å². The van der Waals surface area contributed by atoms with Crippen LogP contribution >= 0.6 is 56.7 Å². The molecule has 0 N–H and O–H groups in total. The Morgan fingerprint density at radius 3 is 1.39 bits per heavy atom. The molecule has 0 radical (unpaired) electrons. The van der Waals surface area contributed by atoms with E-state index in [4.69, 9.17) is 13.1 Å². The summed E-state index contributed by atoms with van der Waals surface area (Å²) in [5.41, 5.74) is 6.88. The largest absolute Gasteiger partial charge is 0.263 e. The number of fused-ring (bicyclic) bond motifs is 11. The lowest BCUT2D eigenvalue weighted by atomic mass is 9.61. The van der Waals surface area contributed by atoms with Crippen LogP contribution in [-0.2, 0) is 10.8 Å². The molecule has 0 saturated heterocycles. The van der Waals surface area contributed by atoms with Crippen molar-refractivity contribution in [1.82, 2.24) is 0 Å². The van der Waals surface area contributed by atoms with Gasteiger partial charge in [0, 0.05) is 59.6 Å². The van der Waals surface area contributed by atoms with Crippen LogP contribution in [0.5, 0.6) is 0 Å². The van der Waals surface area contributed by atoms with Crippen LogP contribution in [0.15, 0.2) is 47.8 Å². The zero-order valence-corrected chi connectivity index (χ0v) is 30.6. The van der Waals surface area contributed by atoms with E-state index in [-0.39, 0.29) is 22.2 Å². The zero-order valence-electron chi connectivity index (χ0n) is 26.5. The molecule has 2 saturated carbocycles. The lowest BCUT2D eigenvalue weighted by Gasteiger charge is -2.41. The van der Waals surface area contributed by atoms with Gasteiger partial charge in [-0.25, -0.2) is 20.2 Å². The molecule has 9 rings (SSSR count). The Kier molecular flexibility index (Phi) is 7.44. The molecule has 4 nitrogen and oxygen atoms in total. The molecule has 9 heteroatoms. The number of thiophene rings is 5. The fraction of sp³-hybridized carbons (Fsp3) is 0.300. The molecule has 0 amide bonds. The second-order valence-electron chi connectivity index (χ2n) is 13.4. The normalized spacial score (nSPS) is 18.3. The topological polar surface area (TPSA) is 56.3 Å². The number of hydrogen-bond acceptors (Lipinski definition) is 7. The number of rotatable bonds is 4. The summed E-state index contributed by atoms with van der Waals surface area (Å²) in [5.74, 6) is 0. The monoisotopic (exact) mass is 724 g/mol. The molecule has 5 aromatic rings. The molecule has 2 spiro atoms. The molecule has 5 heterocycles. The van der Waals surface area contributed by atoms with E-state index in [0.717, 1.165) is 9.75 Å². The predicted octanol–water partition coefficient (Wildman–Crippen LogP) is 13.4. The van der Waals surface area contributed by atoms with Crippen LogP contribution in [0, 0.1) is 35.8 Å². The number of nitrogens with zero attached hydrogens (tertiary/aromatic N) is 4. The van der Waals surface area contributed by atoms with Crippen molar-refractivity contribution >= 4 is 68.8 Å². The van der Waals surface area contributed by atoms with Gasteiger partial charge in [0.15, 0.2) is 0 Å². The molecule has 238 valence electrons. The fourth-order valence-electron chi connectivity index (χ4n) is 8.93. The first-order valence-electron chi connectivity index (χ1n) is 16.7. The summed E-state index contributed by atoms with van der Waals surface area (Å²) in [4.78, 5) is 19.6. The average Bonchev–Trinajstić information content (AvgIpc) is 3.99. The van der Waals surface area contributed by atoms with Gasteiger partial charge < -0.3 is 0 Å². The van der Waals surface area contributed by atoms with Gasteiger partial charge in [-0.3, -0.25) is 0 Å². The van der Waals surface area contributed by atoms with Crippen molar-refractivity contribution in [3.63, 3.8) is 0 Å². The standard InChI is InChI=1S/C40H28N4S5/c1-43-23(21-41)17-25-9-11-29(45-25)31-19-27-35(47-31)37-33(39(27)13-5-3-6-14-39)34-38(49-37)36-28(40(34)15-7-4-8-16-40)20-32(48-36)30-12-10-26(46-30)18-24(22-42)44-2/h9-12,17-20H,3-8,13-16H2/b23-17-,24-18+. The number of nitriles is 2. The first-order chi connectivity index (χ1) is 24.0. The van der Waals surface area contributed by atoms with Gasteiger partial charge in [0.05, 0.1) is 25.3 Å². The lowest BCUT2D eigenvalue weighted by Crippen LogP contribution is -2.34. The smallest absolute Gasteiger partial charge is 0.227 e. The van der Waals surface area contributed by atoms with E-state index in [2.05, 4.69) is 45.3 Å². The van der Waals surface area contributed by atoms with Crippen LogP contribution in [0.4, 0.5) is 0 Å². The SMILES string of the molecule is [C-]#[N+]/C(C#N)=C\c1ccc(-c2cc3c(s2)-c2sc4c(c2C32CCCCC2)C2(CCCCC2)c2cc(-c3ccc(/C=C(\C#N)[N+]#[C-])s3)sc2-4)s1. The number of allylic oxidation sites excluding steroid dienone is 2. The summed E-state index contributed by atoms with van der Waals surface area (Å²) in [6, 6.07) is 17.4. The molecular weight excluding hydrogens is 697 g/mol. The van der Waals surface area contributed by atoms with Crippen LogP contribution in [0.1, 0.15) is 96.2 Å². The van der Waals surface area contributed by atoms with Crippen LogP contribution < -0.4 is 0 Å². The van der Waals surface area contributed by atoms with Crippen LogP contribution in [0.2, 0.25) is 0 Å². The Balaban J connectivity index is 1.19. The van der Waals surface area contributed by atoms with Crippen LogP contribution in [0.25, 0.3) is 60.9 Å². The molecule has 5 aromatic heterocycles. The van der Waals surface area contributed by atoms with Crippen molar-refractivity contribution in [1.29, 1.82) is 10.5 Å². The number of hydrogen-bond donors (Lipinski definition) is 0. The first kappa shape index (κ1) is 31.0. The third kappa shape index (κ3) is 4.58. The summed E-state index contributed by atoms with van der Waals surface area (Å²) in [6.45, 7) is 14.6. The molecule has 0 bridgehead atoms. The van der Waals surface area contributed by atoms with Gasteiger partial charge in [-0.05, 0) is 96.5 Å². The summed E-state index contributed by atoms with van der Waals surface area (Å²) < 4.78 is 0. The van der Waals surface area contributed by atoms with Crippen molar-refractivity contribution in [3.05, 3.63) is 103 Å². The maximum atomic E-state index is 9.29. The van der Waals surface area contributed by atoms with Gasteiger partial charge in [-0.2, -0.15) is 0 Å². The maximum Gasteiger partial charge on any atom is 0.263 e. The Morgan fingerprint density at radius 1 is 0.571 bits per heavy atom. The highest BCUT2D eigenvalue weighted by molar-refractivity contribution is 7.30. The maximum absolute atomic E-state index is 9.29. The Bertz CT molecular complexity index is 2210. The molecule has 0 unspecified atom stereocenters. The minimum atomic E-state index is 0.0809. The second-order valence-corrected chi connectivity index (χ2v) is 18.8. The molecule has 0 atom stereocenters. The Hall–Kier alpha value is -4.06.